The summed E-state index contributed by atoms with van der Waals surface area (Å²) in [5.74, 6) is -2.48. The van der Waals surface area contributed by atoms with Crippen LogP contribution < -0.4 is 5.32 Å². The van der Waals surface area contributed by atoms with Crippen LogP contribution in [-0.4, -0.2) is 24.3 Å². The molecule has 0 heterocycles. The van der Waals surface area contributed by atoms with E-state index >= 15 is 0 Å². The maximum absolute atomic E-state index is 13.4. The Morgan fingerprint density at radius 1 is 1.00 bits per heavy atom. The average Bonchev–Trinajstić information content (AvgIpc) is 2.53. The van der Waals surface area contributed by atoms with Crippen molar-refractivity contribution in [2.45, 2.75) is 6.92 Å². The molecule has 0 aliphatic rings. The average molecular weight is 315 g/mol. The van der Waals surface area contributed by atoms with Gasteiger partial charge in [-0.2, -0.15) is 0 Å². The van der Waals surface area contributed by atoms with Crippen molar-refractivity contribution in [2.75, 3.05) is 11.9 Å². The van der Waals surface area contributed by atoms with Gasteiger partial charge >= 0.3 is 5.97 Å². The number of para-hydroxylation sites is 1. The van der Waals surface area contributed by atoms with Gasteiger partial charge in [-0.1, -0.05) is 24.3 Å². The van der Waals surface area contributed by atoms with Gasteiger partial charge in [0.15, 0.2) is 12.4 Å². The topological polar surface area (TPSA) is 72.5 Å². The van der Waals surface area contributed by atoms with Gasteiger partial charge in [0.1, 0.15) is 5.82 Å². The Bertz CT molecular complexity index is 758. The van der Waals surface area contributed by atoms with Crippen LogP contribution in [0.15, 0.2) is 48.5 Å². The molecular weight excluding hydrogens is 301 g/mol. The van der Waals surface area contributed by atoms with Gasteiger partial charge in [-0.05, 0) is 31.2 Å². The van der Waals surface area contributed by atoms with E-state index in [4.69, 9.17) is 4.74 Å². The van der Waals surface area contributed by atoms with Crippen LogP contribution in [0, 0.1) is 5.82 Å². The second-order valence-corrected chi connectivity index (χ2v) is 4.71. The number of ether oxygens (including phenoxy) is 1. The van der Waals surface area contributed by atoms with E-state index in [0.717, 1.165) is 6.07 Å². The summed E-state index contributed by atoms with van der Waals surface area (Å²) in [7, 11) is 0. The smallest absolute Gasteiger partial charge is 0.341 e. The fraction of sp³-hybridized carbons (Fsp3) is 0.118. The van der Waals surface area contributed by atoms with E-state index in [-0.39, 0.29) is 11.3 Å². The zero-order valence-electron chi connectivity index (χ0n) is 12.3. The Balaban J connectivity index is 1.97. The SMILES string of the molecule is CC(=O)c1ccccc1NC(=O)COC(=O)c1ccccc1F. The van der Waals surface area contributed by atoms with E-state index in [1.807, 2.05) is 0 Å². The lowest BCUT2D eigenvalue weighted by Gasteiger charge is -2.09. The molecule has 5 nitrogen and oxygen atoms in total. The lowest BCUT2D eigenvalue weighted by molar-refractivity contribution is -0.119. The van der Waals surface area contributed by atoms with Gasteiger partial charge < -0.3 is 10.1 Å². The van der Waals surface area contributed by atoms with Gasteiger partial charge in [-0.3, -0.25) is 9.59 Å². The highest BCUT2D eigenvalue weighted by Gasteiger charge is 2.15. The van der Waals surface area contributed by atoms with Crippen LogP contribution in [0.5, 0.6) is 0 Å². The molecule has 0 saturated heterocycles. The summed E-state index contributed by atoms with van der Waals surface area (Å²) in [4.78, 5) is 35.0. The standard InChI is InChI=1S/C17H14FNO4/c1-11(20)12-6-3-5-9-15(12)19-16(21)10-23-17(22)13-7-2-4-8-14(13)18/h2-9H,10H2,1H3,(H,19,21). The molecule has 0 saturated carbocycles. The lowest BCUT2D eigenvalue weighted by Crippen LogP contribution is -2.22. The van der Waals surface area contributed by atoms with E-state index in [1.54, 1.807) is 24.3 Å². The third kappa shape index (κ3) is 4.23. The first kappa shape index (κ1) is 16.4. The molecule has 0 bridgehead atoms. The van der Waals surface area contributed by atoms with Crippen LogP contribution in [0.25, 0.3) is 0 Å². The number of benzene rings is 2. The van der Waals surface area contributed by atoms with E-state index in [0.29, 0.717) is 11.3 Å². The molecule has 23 heavy (non-hydrogen) atoms. The number of ketones is 1. The third-order valence-corrected chi connectivity index (χ3v) is 3.01. The highest BCUT2D eigenvalue weighted by molar-refractivity contribution is 6.04. The Hall–Kier alpha value is -3.02. The van der Waals surface area contributed by atoms with Crippen LogP contribution in [-0.2, 0) is 9.53 Å². The first-order valence-corrected chi connectivity index (χ1v) is 6.80. The molecule has 0 aliphatic carbocycles. The van der Waals surface area contributed by atoms with Gasteiger partial charge in [0.2, 0.25) is 0 Å². The molecule has 0 spiro atoms. The number of halogens is 1. The summed E-state index contributed by atoms with van der Waals surface area (Å²) in [5.41, 5.74) is 0.428. The molecule has 0 fully saturated rings. The number of hydrogen-bond acceptors (Lipinski definition) is 4. The van der Waals surface area contributed by atoms with Crippen molar-refractivity contribution in [3.05, 3.63) is 65.5 Å². The predicted molar refractivity (Wildman–Crippen MR) is 81.8 cm³/mol. The monoisotopic (exact) mass is 315 g/mol. The number of anilines is 1. The first-order chi connectivity index (χ1) is 11.0. The highest BCUT2D eigenvalue weighted by Crippen LogP contribution is 2.15. The minimum atomic E-state index is -0.932. The highest BCUT2D eigenvalue weighted by atomic mass is 19.1. The maximum atomic E-state index is 13.4. The summed E-state index contributed by atoms with van der Waals surface area (Å²) in [6.45, 7) is 0.794. The molecule has 6 heteroatoms. The van der Waals surface area contributed by atoms with Gasteiger partial charge in [0.05, 0.1) is 11.3 Å². The molecule has 2 aromatic carbocycles. The number of rotatable bonds is 5. The van der Waals surface area contributed by atoms with E-state index in [9.17, 15) is 18.8 Å². The Morgan fingerprint density at radius 2 is 1.61 bits per heavy atom. The Labute approximate surface area is 132 Å². The number of amides is 1. The summed E-state index contributed by atoms with van der Waals surface area (Å²) in [5, 5.41) is 2.48. The number of nitrogens with one attached hydrogen (secondary N) is 1. The zero-order valence-corrected chi connectivity index (χ0v) is 12.3. The van der Waals surface area contributed by atoms with Crippen molar-refractivity contribution in [1.29, 1.82) is 0 Å². The number of hydrogen-bond donors (Lipinski definition) is 1. The molecule has 0 atom stereocenters. The summed E-state index contributed by atoms with van der Waals surface area (Å²) < 4.78 is 18.2. The van der Waals surface area contributed by atoms with Crippen molar-refractivity contribution in [3.63, 3.8) is 0 Å². The van der Waals surface area contributed by atoms with Crippen LogP contribution in [0.4, 0.5) is 10.1 Å². The number of esters is 1. The molecule has 2 rings (SSSR count). The molecular formula is C17H14FNO4. The molecule has 1 amide bonds. The zero-order chi connectivity index (χ0) is 16.8. The summed E-state index contributed by atoms with van der Waals surface area (Å²) in [6, 6.07) is 11.8. The number of carbonyl (C=O) groups is 3. The van der Waals surface area contributed by atoms with E-state index in [2.05, 4.69) is 5.32 Å². The lowest BCUT2D eigenvalue weighted by atomic mass is 10.1. The molecule has 0 unspecified atom stereocenters. The number of carbonyl (C=O) groups excluding carboxylic acids is 3. The molecule has 0 aliphatic heterocycles. The third-order valence-electron chi connectivity index (χ3n) is 3.01. The van der Waals surface area contributed by atoms with Crippen molar-refractivity contribution in [3.8, 4) is 0 Å². The van der Waals surface area contributed by atoms with Crippen molar-refractivity contribution < 1.29 is 23.5 Å². The minimum Gasteiger partial charge on any atom is -0.452 e. The van der Waals surface area contributed by atoms with Gasteiger partial charge in [-0.25, -0.2) is 9.18 Å². The molecule has 1 N–H and O–H groups in total. The second-order valence-electron chi connectivity index (χ2n) is 4.71. The Kier molecular flexibility index (Phi) is 5.19. The number of Topliss-reactive ketones (excluding diaryl/α,β-unsaturated/α-hetero) is 1. The summed E-state index contributed by atoms with van der Waals surface area (Å²) >= 11 is 0. The van der Waals surface area contributed by atoms with Crippen LogP contribution >= 0.6 is 0 Å². The molecule has 0 radical (unpaired) electrons. The van der Waals surface area contributed by atoms with Gasteiger partial charge in [-0.15, -0.1) is 0 Å². The molecule has 0 aromatic heterocycles. The van der Waals surface area contributed by atoms with Crippen molar-refractivity contribution >= 4 is 23.3 Å². The van der Waals surface area contributed by atoms with Crippen molar-refractivity contribution in [2.24, 2.45) is 0 Å². The van der Waals surface area contributed by atoms with Gasteiger partial charge in [0, 0.05) is 5.56 Å². The van der Waals surface area contributed by atoms with Crippen LogP contribution in [0.2, 0.25) is 0 Å². The normalized spacial score (nSPS) is 10.0. The van der Waals surface area contributed by atoms with Crippen LogP contribution in [0.3, 0.4) is 0 Å². The first-order valence-electron chi connectivity index (χ1n) is 6.80. The van der Waals surface area contributed by atoms with E-state index in [1.165, 1.54) is 25.1 Å². The fourth-order valence-electron chi connectivity index (χ4n) is 1.92. The largest absolute Gasteiger partial charge is 0.452 e. The molecule has 2 aromatic rings. The van der Waals surface area contributed by atoms with E-state index < -0.39 is 24.3 Å². The fourth-order valence-corrected chi connectivity index (χ4v) is 1.92. The predicted octanol–water partition coefficient (Wildman–Crippen LogP) is 2.82. The minimum absolute atomic E-state index is 0.204. The maximum Gasteiger partial charge on any atom is 0.341 e. The van der Waals surface area contributed by atoms with Crippen molar-refractivity contribution in [1.82, 2.24) is 0 Å². The quantitative estimate of drug-likeness (QED) is 0.680. The summed E-state index contributed by atoms with van der Waals surface area (Å²) in [6.07, 6.45) is 0. The van der Waals surface area contributed by atoms with Crippen LogP contribution in [0.1, 0.15) is 27.6 Å². The van der Waals surface area contributed by atoms with Gasteiger partial charge in [0.25, 0.3) is 5.91 Å². The Morgan fingerprint density at radius 3 is 2.26 bits per heavy atom. The molecule has 118 valence electrons. The second kappa shape index (κ2) is 7.31.